The van der Waals surface area contributed by atoms with E-state index in [0.29, 0.717) is 18.4 Å². The fourth-order valence-corrected chi connectivity index (χ4v) is 5.31. The van der Waals surface area contributed by atoms with E-state index < -0.39 is 22.4 Å². The molecule has 28 heavy (non-hydrogen) atoms. The van der Waals surface area contributed by atoms with Crippen LogP contribution in [-0.2, 0) is 19.4 Å². The average molecular weight is 404 g/mol. The largest absolute Gasteiger partial charge is 0.452 e. The summed E-state index contributed by atoms with van der Waals surface area (Å²) in [7, 11) is -3.11. The van der Waals surface area contributed by atoms with E-state index in [2.05, 4.69) is 0 Å². The monoisotopic (exact) mass is 403 g/mol. The molecule has 2 aromatic carbocycles. The molecule has 0 saturated carbocycles. The van der Waals surface area contributed by atoms with E-state index in [4.69, 9.17) is 4.74 Å². The molecule has 1 aliphatic rings. The van der Waals surface area contributed by atoms with Crippen LogP contribution >= 0.6 is 0 Å². The van der Waals surface area contributed by atoms with Crippen LogP contribution in [0.15, 0.2) is 42.5 Å². The summed E-state index contributed by atoms with van der Waals surface area (Å²) in [6.45, 7) is 3.43. The molecular formula is C21H25NO5S. The summed E-state index contributed by atoms with van der Waals surface area (Å²) in [4.78, 5) is 26.7. The van der Waals surface area contributed by atoms with Crippen LogP contribution < -0.4 is 0 Å². The lowest BCUT2D eigenvalue weighted by Gasteiger charge is -2.33. The van der Waals surface area contributed by atoms with Gasteiger partial charge in [-0.3, -0.25) is 4.79 Å². The maximum Gasteiger partial charge on any atom is 0.338 e. The van der Waals surface area contributed by atoms with Crippen molar-refractivity contribution in [3.8, 4) is 0 Å². The van der Waals surface area contributed by atoms with Crippen molar-refractivity contribution in [2.75, 3.05) is 18.1 Å². The van der Waals surface area contributed by atoms with Gasteiger partial charge in [0.2, 0.25) is 0 Å². The highest BCUT2D eigenvalue weighted by molar-refractivity contribution is 7.91. The normalized spacial score (nSPS) is 19.3. The molecule has 150 valence electrons. The highest BCUT2D eigenvalue weighted by Gasteiger charge is 2.36. The van der Waals surface area contributed by atoms with Gasteiger partial charge < -0.3 is 9.64 Å². The number of hydrogen-bond acceptors (Lipinski definition) is 5. The van der Waals surface area contributed by atoms with Gasteiger partial charge in [0.15, 0.2) is 16.4 Å². The van der Waals surface area contributed by atoms with E-state index in [-0.39, 0.29) is 29.5 Å². The highest BCUT2D eigenvalue weighted by atomic mass is 32.2. The van der Waals surface area contributed by atoms with Gasteiger partial charge in [-0.1, -0.05) is 37.3 Å². The Balaban J connectivity index is 1.68. The molecule has 3 rings (SSSR count). The number of benzene rings is 2. The van der Waals surface area contributed by atoms with Gasteiger partial charge in [0.25, 0.3) is 5.91 Å². The number of amides is 1. The van der Waals surface area contributed by atoms with Gasteiger partial charge in [-0.05, 0) is 42.7 Å². The van der Waals surface area contributed by atoms with E-state index in [0.717, 1.165) is 10.8 Å². The summed E-state index contributed by atoms with van der Waals surface area (Å²) in [6.07, 6.45) is 1.12. The lowest BCUT2D eigenvalue weighted by atomic mass is 10.1. The predicted molar refractivity (Wildman–Crippen MR) is 108 cm³/mol. The first-order valence-corrected chi connectivity index (χ1v) is 11.3. The van der Waals surface area contributed by atoms with Crippen LogP contribution in [0.5, 0.6) is 0 Å². The molecule has 1 saturated heterocycles. The van der Waals surface area contributed by atoms with Crippen LogP contribution in [0.3, 0.4) is 0 Å². The van der Waals surface area contributed by atoms with Gasteiger partial charge in [0, 0.05) is 12.1 Å². The van der Waals surface area contributed by atoms with Crippen molar-refractivity contribution in [1.29, 1.82) is 0 Å². The first kappa shape index (κ1) is 20.3. The summed E-state index contributed by atoms with van der Waals surface area (Å²) in [5.74, 6) is -0.857. The minimum atomic E-state index is -3.11. The van der Waals surface area contributed by atoms with Gasteiger partial charge >= 0.3 is 5.97 Å². The van der Waals surface area contributed by atoms with Gasteiger partial charge in [-0.15, -0.1) is 0 Å². The zero-order valence-corrected chi connectivity index (χ0v) is 16.9. The van der Waals surface area contributed by atoms with Crippen molar-refractivity contribution >= 4 is 32.5 Å². The van der Waals surface area contributed by atoms with Crippen molar-refractivity contribution in [2.45, 2.75) is 38.8 Å². The zero-order chi connectivity index (χ0) is 20.3. The molecule has 0 N–H and O–H groups in total. The van der Waals surface area contributed by atoms with Crippen molar-refractivity contribution < 1.29 is 22.7 Å². The third-order valence-corrected chi connectivity index (χ3v) is 7.02. The molecule has 0 aromatic heterocycles. The smallest absolute Gasteiger partial charge is 0.338 e. The van der Waals surface area contributed by atoms with Crippen molar-refractivity contribution in [1.82, 2.24) is 4.90 Å². The molecule has 7 heteroatoms. The van der Waals surface area contributed by atoms with E-state index in [9.17, 15) is 18.0 Å². The third kappa shape index (κ3) is 4.52. The second-order valence-electron chi connectivity index (χ2n) is 7.25. The Hall–Kier alpha value is -2.41. The molecule has 2 aromatic rings. The Morgan fingerprint density at radius 3 is 2.54 bits per heavy atom. The van der Waals surface area contributed by atoms with Crippen LogP contribution in [0.4, 0.5) is 0 Å². The second kappa shape index (κ2) is 8.31. The molecule has 0 unspecified atom stereocenters. The van der Waals surface area contributed by atoms with Crippen LogP contribution in [0.25, 0.3) is 10.8 Å². The van der Waals surface area contributed by atoms with E-state index >= 15 is 0 Å². The van der Waals surface area contributed by atoms with Crippen molar-refractivity contribution in [3.63, 3.8) is 0 Å². The summed E-state index contributed by atoms with van der Waals surface area (Å²) >= 11 is 0. The van der Waals surface area contributed by atoms with E-state index in [1.54, 1.807) is 17.0 Å². The summed E-state index contributed by atoms with van der Waals surface area (Å²) < 4.78 is 28.9. The molecule has 1 amide bonds. The van der Waals surface area contributed by atoms with Gasteiger partial charge in [-0.2, -0.15) is 0 Å². The second-order valence-corrected chi connectivity index (χ2v) is 9.48. The van der Waals surface area contributed by atoms with Crippen LogP contribution in [0.1, 0.15) is 37.0 Å². The summed E-state index contributed by atoms with van der Waals surface area (Å²) in [6, 6.07) is 12.4. The van der Waals surface area contributed by atoms with Gasteiger partial charge in [-0.25, -0.2) is 13.2 Å². The lowest BCUT2D eigenvalue weighted by Crippen LogP contribution is -2.48. The number of esters is 1. The minimum Gasteiger partial charge on any atom is -0.452 e. The SMILES string of the molecule is CC[C@@H](C)N(C(=O)COC(=O)c1ccc2ccccc2c1)[C@@H]1CCS(=O)(=O)C1. The average Bonchev–Trinajstić information content (AvgIpc) is 3.04. The molecule has 1 fully saturated rings. The fraction of sp³-hybridized carbons (Fsp3) is 0.429. The predicted octanol–water partition coefficient (Wildman–Crippen LogP) is 2.81. The number of rotatable bonds is 6. The standard InChI is InChI=1S/C21H25NO5S/c1-3-15(2)22(19-10-11-28(25,26)14-19)20(23)13-27-21(24)18-9-8-16-6-4-5-7-17(16)12-18/h4-9,12,15,19H,3,10-11,13-14H2,1-2H3/t15-,19-/m1/s1. The number of carbonyl (C=O) groups is 2. The first-order chi connectivity index (χ1) is 13.3. The summed E-state index contributed by atoms with van der Waals surface area (Å²) in [5, 5.41) is 1.93. The Kier molecular flexibility index (Phi) is 6.03. The molecule has 1 heterocycles. The van der Waals surface area contributed by atoms with Crippen molar-refractivity contribution in [2.24, 2.45) is 0 Å². The maximum absolute atomic E-state index is 12.7. The van der Waals surface area contributed by atoms with Gasteiger partial charge in [0.05, 0.1) is 17.1 Å². The Bertz CT molecular complexity index is 985. The molecule has 2 atom stereocenters. The fourth-order valence-electron chi connectivity index (χ4n) is 3.60. The van der Waals surface area contributed by atoms with Crippen molar-refractivity contribution in [3.05, 3.63) is 48.0 Å². The Labute approximate surface area is 165 Å². The molecule has 0 radical (unpaired) electrons. The first-order valence-electron chi connectivity index (χ1n) is 9.48. The van der Waals surface area contributed by atoms with Crippen LogP contribution in [0, 0.1) is 0 Å². The highest BCUT2D eigenvalue weighted by Crippen LogP contribution is 2.22. The van der Waals surface area contributed by atoms with Crippen LogP contribution in [-0.4, -0.2) is 55.4 Å². The van der Waals surface area contributed by atoms with Gasteiger partial charge in [0.1, 0.15) is 0 Å². The number of sulfone groups is 1. The molecular weight excluding hydrogens is 378 g/mol. The van der Waals surface area contributed by atoms with E-state index in [1.165, 1.54) is 0 Å². The number of fused-ring (bicyclic) bond motifs is 1. The molecule has 1 aliphatic heterocycles. The molecule has 0 aliphatic carbocycles. The maximum atomic E-state index is 12.7. The van der Waals surface area contributed by atoms with Crippen LogP contribution in [0.2, 0.25) is 0 Å². The molecule has 0 spiro atoms. The number of nitrogens with zero attached hydrogens (tertiary/aromatic N) is 1. The lowest BCUT2D eigenvalue weighted by molar-refractivity contribution is -0.138. The number of hydrogen-bond donors (Lipinski definition) is 0. The topological polar surface area (TPSA) is 80.8 Å². The number of carbonyl (C=O) groups excluding carboxylic acids is 2. The number of ether oxygens (including phenoxy) is 1. The summed E-state index contributed by atoms with van der Waals surface area (Å²) in [5.41, 5.74) is 0.380. The Morgan fingerprint density at radius 1 is 1.18 bits per heavy atom. The quantitative estimate of drug-likeness (QED) is 0.693. The zero-order valence-electron chi connectivity index (χ0n) is 16.1. The Morgan fingerprint density at radius 2 is 1.89 bits per heavy atom. The molecule has 0 bridgehead atoms. The molecule has 6 nitrogen and oxygen atoms in total. The van der Waals surface area contributed by atoms with E-state index in [1.807, 2.05) is 44.2 Å². The third-order valence-electron chi connectivity index (χ3n) is 5.27. The minimum absolute atomic E-state index is 0.0261.